The van der Waals surface area contributed by atoms with Crippen LogP contribution < -0.4 is 5.73 Å². The summed E-state index contributed by atoms with van der Waals surface area (Å²) in [6.07, 6.45) is 3.35. The van der Waals surface area contributed by atoms with Crippen LogP contribution in [0, 0.1) is 13.8 Å². The molecule has 2 N–H and O–H groups in total. The number of hydrogen-bond acceptors (Lipinski definition) is 4. The third-order valence-corrected chi connectivity index (χ3v) is 5.27. The van der Waals surface area contributed by atoms with E-state index in [0.717, 1.165) is 55.0 Å². The third kappa shape index (κ3) is 5.34. The zero-order valence-electron chi connectivity index (χ0n) is 16.8. The first-order valence-corrected chi connectivity index (χ1v) is 9.80. The Morgan fingerprint density at radius 3 is 2.54 bits per heavy atom. The van der Waals surface area contributed by atoms with Gasteiger partial charge >= 0.3 is 0 Å². The van der Waals surface area contributed by atoms with Gasteiger partial charge in [0.2, 0.25) is 5.91 Å². The molecular weight excluding hydrogens is 376 g/mol. The number of nitrogens with two attached hydrogens (primary N) is 1. The molecule has 0 spiro atoms. The summed E-state index contributed by atoms with van der Waals surface area (Å²) in [5.41, 5.74) is 9.51. The van der Waals surface area contributed by atoms with Crippen molar-refractivity contribution in [2.75, 3.05) is 26.2 Å². The molecule has 0 atom stereocenters. The lowest BCUT2D eigenvalue weighted by Gasteiger charge is -2.32. The van der Waals surface area contributed by atoms with Gasteiger partial charge in [0.1, 0.15) is 0 Å². The monoisotopic (exact) mass is 406 g/mol. The number of carbonyl (C=O) groups excluding carboxylic acids is 1. The van der Waals surface area contributed by atoms with Crippen LogP contribution in [0.4, 0.5) is 0 Å². The Morgan fingerprint density at radius 1 is 1.21 bits per heavy atom. The van der Waals surface area contributed by atoms with Crippen LogP contribution in [0.1, 0.15) is 36.2 Å². The van der Waals surface area contributed by atoms with Crippen LogP contribution in [0.25, 0.3) is 5.69 Å². The Kier molecular flexibility index (Phi) is 8.48. The number of aryl methyl sites for hydroxylation is 1. The van der Waals surface area contributed by atoms with Crippen molar-refractivity contribution in [1.82, 2.24) is 14.7 Å². The zero-order valence-corrected chi connectivity index (χ0v) is 17.6. The molecule has 6 nitrogen and oxygen atoms in total. The van der Waals surface area contributed by atoms with Gasteiger partial charge in [0.15, 0.2) is 0 Å². The van der Waals surface area contributed by atoms with Gasteiger partial charge in [-0.15, -0.1) is 12.4 Å². The van der Waals surface area contributed by atoms with Crippen molar-refractivity contribution < 1.29 is 9.53 Å². The molecule has 1 aromatic heterocycles. The summed E-state index contributed by atoms with van der Waals surface area (Å²) in [6, 6.07) is 10.0. The van der Waals surface area contributed by atoms with Gasteiger partial charge in [0, 0.05) is 31.0 Å². The van der Waals surface area contributed by atoms with Gasteiger partial charge in [-0.1, -0.05) is 18.2 Å². The molecule has 1 aromatic carbocycles. The van der Waals surface area contributed by atoms with Gasteiger partial charge in [-0.3, -0.25) is 4.79 Å². The molecular formula is C21H31ClN4O2. The van der Waals surface area contributed by atoms with Crippen molar-refractivity contribution in [1.29, 1.82) is 0 Å². The van der Waals surface area contributed by atoms with E-state index in [1.807, 2.05) is 53.8 Å². The molecule has 2 aromatic rings. The number of halogens is 1. The second-order valence-corrected chi connectivity index (χ2v) is 7.17. The second-order valence-electron chi connectivity index (χ2n) is 7.17. The maximum absolute atomic E-state index is 12.8. The van der Waals surface area contributed by atoms with Crippen molar-refractivity contribution >= 4 is 18.3 Å². The van der Waals surface area contributed by atoms with E-state index in [4.69, 9.17) is 10.5 Å². The van der Waals surface area contributed by atoms with E-state index in [0.29, 0.717) is 19.6 Å². The predicted molar refractivity (Wildman–Crippen MR) is 113 cm³/mol. The number of likely N-dealkylation sites (tertiary alicyclic amines) is 1. The number of amides is 1. The molecule has 1 amide bonds. The molecule has 154 valence electrons. The van der Waals surface area contributed by atoms with Gasteiger partial charge in [0.05, 0.1) is 23.9 Å². The normalized spacial score (nSPS) is 14.8. The highest BCUT2D eigenvalue weighted by Gasteiger charge is 2.25. The van der Waals surface area contributed by atoms with Crippen LogP contribution in [-0.4, -0.2) is 52.9 Å². The number of hydrogen-bond donors (Lipinski definition) is 1. The highest BCUT2D eigenvalue weighted by Crippen LogP contribution is 2.20. The van der Waals surface area contributed by atoms with E-state index >= 15 is 0 Å². The summed E-state index contributed by atoms with van der Waals surface area (Å²) in [5.74, 6) is 0.175. The molecule has 1 aliphatic rings. The number of nitrogens with zero attached hydrogens (tertiary/aromatic N) is 3. The minimum atomic E-state index is 0. The largest absolute Gasteiger partial charge is 0.378 e. The fourth-order valence-electron chi connectivity index (χ4n) is 3.62. The SMILES string of the molecule is Cc1nn(-c2ccccc2)c(C)c1CC(=O)N1CCC(OCCCN)CC1.Cl. The van der Waals surface area contributed by atoms with Gasteiger partial charge in [-0.2, -0.15) is 5.10 Å². The molecule has 28 heavy (non-hydrogen) atoms. The van der Waals surface area contributed by atoms with E-state index in [2.05, 4.69) is 5.10 Å². The highest BCUT2D eigenvalue weighted by atomic mass is 35.5. The Hall–Kier alpha value is -1.89. The van der Waals surface area contributed by atoms with Crippen molar-refractivity contribution in [3.8, 4) is 5.69 Å². The third-order valence-electron chi connectivity index (χ3n) is 5.27. The minimum Gasteiger partial charge on any atom is -0.378 e. The maximum Gasteiger partial charge on any atom is 0.227 e. The summed E-state index contributed by atoms with van der Waals surface area (Å²) in [5, 5.41) is 4.65. The maximum atomic E-state index is 12.8. The fourth-order valence-corrected chi connectivity index (χ4v) is 3.62. The van der Waals surface area contributed by atoms with Crippen LogP contribution in [0.2, 0.25) is 0 Å². The summed E-state index contributed by atoms with van der Waals surface area (Å²) >= 11 is 0. The molecule has 1 fully saturated rings. The van der Waals surface area contributed by atoms with E-state index in [-0.39, 0.29) is 24.4 Å². The first-order chi connectivity index (χ1) is 13.1. The smallest absolute Gasteiger partial charge is 0.227 e. The minimum absolute atomic E-state index is 0. The predicted octanol–water partition coefficient (Wildman–Crippen LogP) is 2.81. The first-order valence-electron chi connectivity index (χ1n) is 9.80. The number of para-hydroxylation sites is 1. The number of benzene rings is 1. The summed E-state index contributed by atoms with van der Waals surface area (Å²) in [7, 11) is 0. The zero-order chi connectivity index (χ0) is 19.2. The van der Waals surface area contributed by atoms with Gasteiger partial charge < -0.3 is 15.4 Å². The van der Waals surface area contributed by atoms with Crippen LogP contribution >= 0.6 is 12.4 Å². The standard InChI is InChI=1S/C21H30N4O2.ClH/c1-16-20(17(2)25(23-16)18-7-4-3-5-8-18)15-21(26)24-12-9-19(10-13-24)27-14-6-11-22;/h3-5,7-8,19H,6,9-15,22H2,1-2H3;1H. The number of piperidine rings is 1. The molecule has 1 aliphatic heterocycles. The second kappa shape index (κ2) is 10.6. The Balaban J connectivity index is 0.00000280. The summed E-state index contributed by atoms with van der Waals surface area (Å²) in [4.78, 5) is 14.8. The molecule has 0 aliphatic carbocycles. The topological polar surface area (TPSA) is 73.4 Å². The van der Waals surface area contributed by atoms with Crippen LogP contribution in [0.5, 0.6) is 0 Å². The number of aromatic nitrogens is 2. The molecule has 0 saturated carbocycles. The van der Waals surface area contributed by atoms with Crippen LogP contribution in [0.15, 0.2) is 30.3 Å². The summed E-state index contributed by atoms with van der Waals surface area (Å²) < 4.78 is 7.76. The molecule has 0 bridgehead atoms. The van der Waals surface area contributed by atoms with Crippen LogP contribution in [0.3, 0.4) is 0 Å². The first kappa shape index (κ1) is 22.4. The molecule has 0 radical (unpaired) electrons. The fraction of sp³-hybridized carbons (Fsp3) is 0.524. The van der Waals surface area contributed by atoms with Gasteiger partial charge in [-0.05, 0) is 51.8 Å². The Morgan fingerprint density at radius 2 is 1.89 bits per heavy atom. The Labute approximate surface area is 173 Å². The lowest BCUT2D eigenvalue weighted by molar-refractivity contribution is -0.133. The van der Waals surface area contributed by atoms with E-state index in [1.54, 1.807) is 0 Å². The molecule has 1 saturated heterocycles. The van der Waals surface area contributed by atoms with Crippen molar-refractivity contribution in [2.24, 2.45) is 5.73 Å². The quantitative estimate of drug-likeness (QED) is 0.717. The average Bonchev–Trinajstić information content (AvgIpc) is 2.97. The Bertz CT molecular complexity index is 755. The number of rotatable bonds is 7. The van der Waals surface area contributed by atoms with E-state index < -0.39 is 0 Å². The van der Waals surface area contributed by atoms with E-state index in [9.17, 15) is 4.79 Å². The molecule has 0 unspecified atom stereocenters. The van der Waals surface area contributed by atoms with Crippen LogP contribution in [-0.2, 0) is 16.0 Å². The summed E-state index contributed by atoms with van der Waals surface area (Å²) in [6.45, 7) is 6.91. The van der Waals surface area contributed by atoms with Crippen molar-refractivity contribution in [2.45, 2.75) is 45.6 Å². The van der Waals surface area contributed by atoms with E-state index in [1.165, 1.54) is 0 Å². The van der Waals surface area contributed by atoms with Crippen molar-refractivity contribution in [3.05, 3.63) is 47.3 Å². The highest BCUT2D eigenvalue weighted by molar-refractivity contribution is 5.85. The average molecular weight is 407 g/mol. The molecule has 7 heteroatoms. The van der Waals surface area contributed by atoms with Gasteiger partial charge in [0.25, 0.3) is 0 Å². The molecule has 3 rings (SSSR count). The number of carbonyl (C=O) groups is 1. The lowest BCUT2D eigenvalue weighted by atomic mass is 10.0. The number of ether oxygens (including phenoxy) is 1. The van der Waals surface area contributed by atoms with Crippen molar-refractivity contribution in [3.63, 3.8) is 0 Å². The molecule has 2 heterocycles. The van der Waals surface area contributed by atoms with Gasteiger partial charge in [-0.25, -0.2) is 4.68 Å². The lowest BCUT2D eigenvalue weighted by Crippen LogP contribution is -2.41.